The average Bonchev–Trinajstić information content (AvgIpc) is 2.62. The third-order valence-corrected chi connectivity index (χ3v) is 3.73. The molecule has 170 valence electrons. The van der Waals surface area contributed by atoms with Crippen LogP contribution in [0.5, 0.6) is 0 Å². The predicted octanol–water partition coefficient (Wildman–Crippen LogP) is -3.58. The highest BCUT2D eigenvalue weighted by Crippen LogP contribution is 2.03. The molecule has 0 aromatic carbocycles. The van der Waals surface area contributed by atoms with Crippen molar-refractivity contribution < 1.29 is 34.2 Å². The number of aliphatic carboxylic acids is 2. The van der Waals surface area contributed by atoms with E-state index in [9.17, 15) is 24.0 Å². The van der Waals surface area contributed by atoms with Gasteiger partial charge in [-0.3, -0.25) is 29.0 Å². The van der Waals surface area contributed by atoms with Gasteiger partial charge in [-0.1, -0.05) is 0 Å². The van der Waals surface area contributed by atoms with Gasteiger partial charge >= 0.3 is 11.9 Å². The van der Waals surface area contributed by atoms with Gasteiger partial charge in [0.25, 0.3) is 0 Å². The fourth-order valence-electron chi connectivity index (χ4n) is 2.11. The van der Waals surface area contributed by atoms with Crippen LogP contribution in [-0.2, 0) is 24.0 Å². The molecule has 0 fully saturated rings. The summed E-state index contributed by atoms with van der Waals surface area (Å²) in [4.78, 5) is 62.4. The highest BCUT2D eigenvalue weighted by atomic mass is 16.4. The molecular formula is C16H29N7O7. The molecule has 4 unspecified atom stereocenters. The number of nitrogens with two attached hydrogens (primary N) is 3. The minimum atomic E-state index is -1.57. The van der Waals surface area contributed by atoms with Crippen molar-refractivity contribution in [3.63, 3.8) is 0 Å². The van der Waals surface area contributed by atoms with Gasteiger partial charge in [-0.25, -0.2) is 0 Å². The van der Waals surface area contributed by atoms with Crippen molar-refractivity contribution in [3.8, 4) is 0 Å². The first-order chi connectivity index (χ1) is 13.8. The van der Waals surface area contributed by atoms with E-state index in [0.717, 1.165) is 0 Å². The normalized spacial score (nSPS) is 14.4. The maximum Gasteiger partial charge on any atom is 0.325 e. The second-order valence-electron chi connectivity index (χ2n) is 6.53. The number of aliphatic imine (C=N–C) groups is 1. The van der Waals surface area contributed by atoms with Crippen molar-refractivity contribution in [2.75, 3.05) is 6.54 Å². The maximum atomic E-state index is 12.6. The first kappa shape index (κ1) is 26.6. The van der Waals surface area contributed by atoms with E-state index in [2.05, 4.69) is 20.9 Å². The van der Waals surface area contributed by atoms with Crippen molar-refractivity contribution in [2.45, 2.75) is 57.3 Å². The first-order valence-electron chi connectivity index (χ1n) is 9.01. The van der Waals surface area contributed by atoms with Crippen LogP contribution in [0.4, 0.5) is 0 Å². The summed E-state index contributed by atoms with van der Waals surface area (Å²) >= 11 is 0. The molecule has 0 saturated carbocycles. The SMILES string of the molecule is CC(N)C(=O)NC(CCCN=C(N)N)C(=O)NC(CC(=O)O)C(=O)NC(C)C(=O)O. The lowest BCUT2D eigenvalue weighted by Crippen LogP contribution is -2.57. The Hall–Kier alpha value is -3.42. The van der Waals surface area contributed by atoms with Crippen LogP contribution in [0.25, 0.3) is 0 Å². The van der Waals surface area contributed by atoms with Gasteiger partial charge in [-0.05, 0) is 26.7 Å². The van der Waals surface area contributed by atoms with Crippen molar-refractivity contribution in [2.24, 2.45) is 22.2 Å². The van der Waals surface area contributed by atoms with Crippen molar-refractivity contribution in [1.29, 1.82) is 0 Å². The highest BCUT2D eigenvalue weighted by Gasteiger charge is 2.30. The summed E-state index contributed by atoms with van der Waals surface area (Å²) in [5.41, 5.74) is 15.9. The van der Waals surface area contributed by atoms with Crippen LogP contribution in [-0.4, -0.2) is 76.5 Å². The second-order valence-corrected chi connectivity index (χ2v) is 6.53. The van der Waals surface area contributed by atoms with Crippen LogP contribution < -0.4 is 33.2 Å². The zero-order chi connectivity index (χ0) is 23.4. The molecule has 0 aromatic rings. The fraction of sp³-hybridized carbons (Fsp3) is 0.625. The summed E-state index contributed by atoms with van der Waals surface area (Å²) in [5, 5.41) is 24.6. The molecule has 14 heteroatoms. The van der Waals surface area contributed by atoms with Gasteiger partial charge < -0.3 is 43.4 Å². The molecule has 0 aromatic heterocycles. The molecule has 11 N–H and O–H groups in total. The summed E-state index contributed by atoms with van der Waals surface area (Å²) in [7, 11) is 0. The number of nitrogens with one attached hydrogen (secondary N) is 3. The summed E-state index contributed by atoms with van der Waals surface area (Å²) in [5.74, 6) is -5.39. The zero-order valence-electron chi connectivity index (χ0n) is 16.8. The molecule has 14 nitrogen and oxygen atoms in total. The molecule has 3 amide bonds. The predicted molar refractivity (Wildman–Crippen MR) is 105 cm³/mol. The number of carboxylic acid groups (broad SMARTS) is 2. The van der Waals surface area contributed by atoms with E-state index < -0.39 is 60.2 Å². The largest absolute Gasteiger partial charge is 0.481 e. The molecule has 0 heterocycles. The Kier molecular flexibility index (Phi) is 11.5. The van der Waals surface area contributed by atoms with Crippen molar-refractivity contribution in [3.05, 3.63) is 0 Å². The monoisotopic (exact) mass is 431 g/mol. The van der Waals surface area contributed by atoms with E-state index in [-0.39, 0.29) is 25.3 Å². The zero-order valence-corrected chi connectivity index (χ0v) is 16.8. The molecule has 0 saturated heterocycles. The molecule has 0 spiro atoms. The molecular weight excluding hydrogens is 402 g/mol. The van der Waals surface area contributed by atoms with Crippen LogP contribution in [0, 0.1) is 0 Å². The third kappa shape index (κ3) is 10.8. The average molecular weight is 431 g/mol. The van der Waals surface area contributed by atoms with Gasteiger partial charge in [-0.15, -0.1) is 0 Å². The topological polar surface area (TPSA) is 252 Å². The molecule has 0 aliphatic rings. The summed E-state index contributed by atoms with van der Waals surface area (Å²) in [6.45, 7) is 2.74. The van der Waals surface area contributed by atoms with Gasteiger partial charge in [0.2, 0.25) is 17.7 Å². The molecule has 0 aliphatic heterocycles. The molecule has 0 aliphatic carbocycles. The Morgan fingerprint density at radius 1 is 0.900 bits per heavy atom. The highest BCUT2D eigenvalue weighted by molar-refractivity contribution is 5.95. The van der Waals surface area contributed by atoms with E-state index >= 15 is 0 Å². The van der Waals surface area contributed by atoms with Crippen LogP contribution in [0.15, 0.2) is 4.99 Å². The summed E-state index contributed by atoms with van der Waals surface area (Å²) in [6.07, 6.45) is -0.457. The van der Waals surface area contributed by atoms with E-state index in [1.807, 2.05) is 0 Å². The smallest absolute Gasteiger partial charge is 0.325 e. The maximum absolute atomic E-state index is 12.6. The Morgan fingerprint density at radius 2 is 1.43 bits per heavy atom. The van der Waals surface area contributed by atoms with Gasteiger partial charge in [-0.2, -0.15) is 0 Å². The summed E-state index contributed by atoms with van der Waals surface area (Å²) in [6, 6.07) is -4.95. The number of hydrogen-bond acceptors (Lipinski definition) is 7. The Labute approximate surface area is 172 Å². The van der Waals surface area contributed by atoms with E-state index in [4.69, 9.17) is 27.4 Å². The van der Waals surface area contributed by atoms with Crippen LogP contribution in [0.2, 0.25) is 0 Å². The minimum Gasteiger partial charge on any atom is -0.481 e. The van der Waals surface area contributed by atoms with Gasteiger partial charge in [0.1, 0.15) is 18.1 Å². The number of hydrogen-bond donors (Lipinski definition) is 8. The Balaban J connectivity index is 5.32. The fourth-order valence-corrected chi connectivity index (χ4v) is 2.11. The van der Waals surface area contributed by atoms with Gasteiger partial charge in [0.15, 0.2) is 5.96 Å². The molecule has 30 heavy (non-hydrogen) atoms. The van der Waals surface area contributed by atoms with E-state index in [1.165, 1.54) is 13.8 Å². The first-order valence-corrected chi connectivity index (χ1v) is 9.01. The van der Waals surface area contributed by atoms with Crippen LogP contribution in [0.1, 0.15) is 33.1 Å². The van der Waals surface area contributed by atoms with E-state index in [0.29, 0.717) is 0 Å². The Bertz CT molecular complexity index is 677. The molecule has 0 rings (SSSR count). The lowest BCUT2D eigenvalue weighted by molar-refractivity contribution is -0.143. The number of nitrogens with zero attached hydrogens (tertiary/aromatic N) is 1. The number of carbonyl (C=O) groups is 5. The lowest BCUT2D eigenvalue weighted by Gasteiger charge is -2.23. The van der Waals surface area contributed by atoms with Crippen molar-refractivity contribution >= 4 is 35.6 Å². The quantitative estimate of drug-likeness (QED) is 0.0808. The number of carboxylic acids is 2. The lowest BCUT2D eigenvalue weighted by atomic mass is 10.1. The second kappa shape index (κ2) is 12.9. The minimum absolute atomic E-state index is 0.0635. The van der Waals surface area contributed by atoms with Crippen LogP contribution >= 0.6 is 0 Å². The summed E-state index contributed by atoms with van der Waals surface area (Å²) < 4.78 is 0. The number of carbonyl (C=O) groups excluding carboxylic acids is 3. The van der Waals surface area contributed by atoms with Crippen LogP contribution in [0.3, 0.4) is 0 Å². The van der Waals surface area contributed by atoms with Crippen molar-refractivity contribution in [1.82, 2.24) is 16.0 Å². The Morgan fingerprint density at radius 3 is 1.90 bits per heavy atom. The molecule has 0 bridgehead atoms. The van der Waals surface area contributed by atoms with Gasteiger partial charge in [0.05, 0.1) is 12.5 Å². The third-order valence-electron chi connectivity index (χ3n) is 3.73. The number of amides is 3. The van der Waals surface area contributed by atoms with Gasteiger partial charge in [0, 0.05) is 6.54 Å². The number of rotatable bonds is 13. The van der Waals surface area contributed by atoms with E-state index in [1.54, 1.807) is 0 Å². The standard InChI is InChI=1S/C16H29N7O7/c1-7(17)12(26)22-9(4-3-5-20-16(18)19)13(27)23-10(6-11(24)25)14(28)21-8(2)15(29)30/h7-10H,3-6,17H2,1-2H3,(H,21,28)(H,22,26)(H,23,27)(H,24,25)(H,29,30)(H4,18,19,20). The molecule has 4 atom stereocenters. The molecule has 0 radical (unpaired) electrons. The number of guanidine groups is 1.